The number of rotatable bonds is 5. The van der Waals surface area contributed by atoms with Crippen molar-refractivity contribution in [3.8, 4) is 5.75 Å². The monoisotopic (exact) mass is 402 g/mol. The molecule has 3 rings (SSSR count). The van der Waals surface area contributed by atoms with Crippen LogP contribution in [0, 0.1) is 5.92 Å². The summed E-state index contributed by atoms with van der Waals surface area (Å²) in [5, 5.41) is 2.91. The maximum absolute atomic E-state index is 12.4. The van der Waals surface area contributed by atoms with E-state index in [1.807, 2.05) is 48.5 Å². The first-order chi connectivity index (χ1) is 12.1. The fourth-order valence-corrected chi connectivity index (χ4v) is 3.10. The second kappa shape index (κ2) is 7.70. The number of nitrogens with one attached hydrogen (secondary N) is 1. The highest BCUT2D eigenvalue weighted by molar-refractivity contribution is 9.10. The number of benzene rings is 2. The summed E-state index contributed by atoms with van der Waals surface area (Å²) in [6, 6.07) is 15.1. The van der Waals surface area contributed by atoms with Crippen LogP contribution in [0.5, 0.6) is 5.75 Å². The third-order valence-corrected chi connectivity index (χ3v) is 4.79. The van der Waals surface area contributed by atoms with E-state index in [4.69, 9.17) is 4.74 Å². The Bertz CT molecular complexity index is 759. The summed E-state index contributed by atoms with van der Waals surface area (Å²) in [5.74, 6) is 0.340. The summed E-state index contributed by atoms with van der Waals surface area (Å²) in [5.41, 5.74) is 1.81. The fourth-order valence-electron chi connectivity index (χ4n) is 2.83. The Balaban J connectivity index is 1.57. The number of hydrogen-bond acceptors (Lipinski definition) is 3. The lowest BCUT2D eigenvalue weighted by atomic mass is 10.1. The van der Waals surface area contributed by atoms with Gasteiger partial charge in [-0.2, -0.15) is 0 Å². The molecule has 130 valence electrons. The summed E-state index contributed by atoms with van der Waals surface area (Å²) < 4.78 is 6.07. The van der Waals surface area contributed by atoms with Crippen molar-refractivity contribution in [2.75, 3.05) is 18.6 Å². The Hall–Kier alpha value is -2.34. The van der Waals surface area contributed by atoms with Gasteiger partial charge in [0, 0.05) is 29.7 Å². The highest BCUT2D eigenvalue weighted by Gasteiger charge is 2.34. The molecule has 2 aromatic carbocycles. The summed E-state index contributed by atoms with van der Waals surface area (Å²) in [6.07, 6.45) is 0.241. The molecule has 1 N–H and O–H groups in total. The van der Waals surface area contributed by atoms with Crippen LogP contribution in [-0.2, 0) is 16.1 Å². The molecule has 0 aliphatic carbocycles. The minimum Gasteiger partial charge on any atom is -0.497 e. The third kappa shape index (κ3) is 4.20. The summed E-state index contributed by atoms with van der Waals surface area (Å²) in [7, 11) is 1.62. The lowest BCUT2D eigenvalue weighted by Crippen LogP contribution is -2.32. The number of halogens is 1. The van der Waals surface area contributed by atoms with Gasteiger partial charge in [0.15, 0.2) is 0 Å². The fraction of sp³-hybridized carbons (Fsp3) is 0.263. The van der Waals surface area contributed by atoms with Crippen LogP contribution in [0.3, 0.4) is 0 Å². The molecule has 6 heteroatoms. The molecular weight excluding hydrogens is 384 g/mol. The van der Waals surface area contributed by atoms with E-state index >= 15 is 0 Å². The number of hydrogen-bond donors (Lipinski definition) is 1. The van der Waals surface area contributed by atoms with Crippen LogP contribution in [0.25, 0.3) is 0 Å². The normalized spacial score (nSPS) is 16.8. The molecule has 0 radical (unpaired) electrons. The van der Waals surface area contributed by atoms with Gasteiger partial charge in [-0.05, 0) is 42.0 Å². The van der Waals surface area contributed by atoms with Crippen LogP contribution in [0.15, 0.2) is 53.0 Å². The molecule has 0 unspecified atom stereocenters. The van der Waals surface area contributed by atoms with Crippen LogP contribution < -0.4 is 15.0 Å². The molecule has 0 spiro atoms. The van der Waals surface area contributed by atoms with Gasteiger partial charge in [-0.15, -0.1) is 0 Å². The largest absolute Gasteiger partial charge is 0.497 e. The number of nitrogens with zero attached hydrogens (tertiary/aromatic N) is 1. The number of methoxy groups -OCH3 is 1. The van der Waals surface area contributed by atoms with Crippen LogP contribution in [0.1, 0.15) is 12.0 Å². The standard InChI is InChI=1S/C19H19BrN2O3/c1-25-17-8-2-13(3-9-17)11-21-19(24)14-10-18(23)22(12-14)16-6-4-15(20)5-7-16/h2-9,14H,10-12H2,1H3,(H,21,24)/t14-/m0/s1. The molecule has 1 heterocycles. The van der Waals surface area contributed by atoms with E-state index in [1.165, 1.54) is 0 Å². The van der Waals surface area contributed by atoms with Crippen molar-refractivity contribution >= 4 is 33.4 Å². The predicted molar refractivity (Wildman–Crippen MR) is 99.4 cm³/mol. The van der Waals surface area contributed by atoms with Crippen LogP contribution in [-0.4, -0.2) is 25.5 Å². The zero-order valence-electron chi connectivity index (χ0n) is 13.9. The first-order valence-corrected chi connectivity index (χ1v) is 8.82. The van der Waals surface area contributed by atoms with E-state index < -0.39 is 0 Å². The highest BCUT2D eigenvalue weighted by Crippen LogP contribution is 2.26. The Morgan fingerprint density at radius 1 is 1.20 bits per heavy atom. The summed E-state index contributed by atoms with van der Waals surface area (Å²) >= 11 is 3.38. The molecule has 25 heavy (non-hydrogen) atoms. The smallest absolute Gasteiger partial charge is 0.227 e. The van der Waals surface area contributed by atoms with Gasteiger partial charge in [-0.1, -0.05) is 28.1 Å². The first kappa shape index (κ1) is 17.5. The highest BCUT2D eigenvalue weighted by atomic mass is 79.9. The zero-order chi connectivity index (χ0) is 17.8. The lowest BCUT2D eigenvalue weighted by molar-refractivity contribution is -0.126. The van der Waals surface area contributed by atoms with E-state index in [-0.39, 0.29) is 24.2 Å². The van der Waals surface area contributed by atoms with Crippen molar-refractivity contribution in [3.05, 3.63) is 58.6 Å². The molecule has 0 bridgehead atoms. The van der Waals surface area contributed by atoms with Crippen molar-refractivity contribution in [1.82, 2.24) is 5.32 Å². The molecule has 5 nitrogen and oxygen atoms in total. The summed E-state index contributed by atoms with van der Waals surface area (Å²) in [6.45, 7) is 0.848. The van der Waals surface area contributed by atoms with E-state index in [2.05, 4.69) is 21.2 Å². The van der Waals surface area contributed by atoms with Crippen molar-refractivity contribution in [1.29, 1.82) is 0 Å². The van der Waals surface area contributed by atoms with Crippen molar-refractivity contribution in [3.63, 3.8) is 0 Å². The number of amides is 2. The van der Waals surface area contributed by atoms with Gasteiger partial charge in [-0.25, -0.2) is 0 Å². The molecule has 1 saturated heterocycles. The van der Waals surface area contributed by atoms with Crippen LogP contribution >= 0.6 is 15.9 Å². The molecule has 1 fully saturated rings. The Labute approximate surface area is 155 Å². The average Bonchev–Trinajstić information content (AvgIpc) is 3.02. The maximum Gasteiger partial charge on any atom is 0.227 e. The molecular formula is C19H19BrN2O3. The minimum absolute atomic E-state index is 0.0214. The molecule has 1 aliphatic rings. The quantitative estimate of drug-likeness (QED) is 0.835. The second-order valence-electron chi connectivity index (χ2n) is 5.95. The third-order valence-electron chi connectivity index (χ3n) is 4.26. The van der Waals surface area contributed by atoms with E-state index in [0.717, 1.165) is 21.5 Å². The predicted octanol–water partition coefficient (Wildman–Crippen LogP) is 3.13. The minimum atomic E-state index is -0.325. The average molecular weight is 403 g/mol. The molecule has 2 amide bonds. The SMILES string of the molecule is COc1ccc(CNC(=O)[C@H]2CC(=O)N(c3ccc(Br)cc3)C2)cc1. The van der Waals surface area contributed by atoms with Crippen LogP contribution in [0.4, 0.5) is 5.69 Å². The van der Waals surface area contributed by atoms with Crippen molar-refractivity contribution in [2.24, 2.45) is 5.92 Å². The van der Waals surface area contributed by atoms with Crippen molar-refractivity contribution in [2.45, 2.75) is 13.0 Å². The van der Waals surface area contributed by atoms with Gasteiger partial charge < -0.3 is 15.0 Å². The Morgan fingerprint density at radius 2 is 1.88 bits per heavy atom. The van der Waals surface area contributed by atoms with Crippen LogP contribution in [0.2, 0.25) is 0 Å². The Morgan fingerprint density at radius 3 is 2.52 bits per heavy atom. The molecule has 0 aromatic heterocycles. The van der Waals surface area contributed by atoms with Gasteiger partial charge in [0.25, 0.3) is 0 Å². The van der Waals surface area contributed by atoms with Crippen molar-refractivity contribution < 1.29 is 14.3 Å². The van der Waals surface area contributed by atoms with Gasteiger partial charge in [0.1, 0.15) is 5.75 Å². The van der Waals surface area contributed by atoms with Gasteiger partial charge in [0.2, 0.25) is 11.8 Å². The number of carbonyl (C=O) groups excluding carboxylic acids is 2. The zero-order valence-corrected chi connectivity index (χ0v) is 15.5. The topological polar surface area (TPSA) is 58.6 Å². The maximum atomic E-state index is 12.4. The molecule has 1 aliphatic heterocycles. The molecule has 1 atom stereocenters. The summed E-state index contributed by atoms with van der Waals surface area (Å²) in [4.78, 5) is 26.3. The number of ether oxygens (including phenoxy) is 1. The van der Waals surface area contributed by atoms with E-state index in [1.54, 1.807) is 12.0 Å². The number of carbonyl (C=O) groups is 2. The molecule has 0 saturated carbocycles. The first-order valence-electron chi connectivity index (χ1n) is 8.03. The Kier molecular flexibility index (Phi) is 5.38. The van der Waals surface area contributed by atoms with E-state index in [9.17, 15) is 9.59 Å². The van der Waals surface area contributed by atoms with Gasteiger partial charge in [0.05, 0.1) is 13.0 Å². The molecule has 2 aromatic rings. The van der Waals surface area contributed by atoms with E-state index in [0.29, 0.717) is 13.1 Å². The number of anilines is 1. The van der Waals surface area contributed by atoms with Gasteiger partial charge in [-0.3, -0.25) is 9.59 Å². The lowest BCUT2D eigenvalue weighted by Gasteiger charge is -2.16. The van der Waals surface area contributed by atoms with Gasteiger partial charge >= 0.3 is 0 Å². The second-order valence-corrected chi connectivity index (χ2v) is 6.86.